The Morgan fingerprint density at radius 3 is 2.25 bits per heavy atom. The fraction of sp³-hybridized carbons (Fsp3) is 0.211. The normalized spacial score (nSPS) is 10.1. The Morgan fingerprint density at radius 1 is 0.857 bits per heavy atom. The molecule has 0 aliphatic rings. The highest BCUT2D eigenvalue weighted by molar-refractivity contribution is 6.32. The van der Waals surface area contributed by atoms with E-state index in [-0.39, 0.29) is 25.4 Å². The minimum absolute atomic E-state index is 0.0518. The zero-order valence-corrected chi connectivity index (χ0v) is 16.6. The molecule has 2 aromatic rings. The van der Waals surface area contributed by atoms with E-state index in [9.17, 15) is 14.4 Å². The first kappa shape index (κ1) is 21.5. The van der Waals surface area contributed by atoms with E-state index in [0.717, 1.165) is 5.56 Å². The summed E-state index contributed by atoms with van der Waals surface area (Å²) in [5.74, 6) is -1.05. The number of nitrogens with one attached hydrogen (secondary N) is 3. The topological polar surface area (TPSA) is 96.5 Å². The molecule has 0 radical (unpaired) electrons. The van der Waals surface area contributed by atoms with Crippen molar-refractivity contribution in [2.24, 2.45) is 0 Å². The van der Waals surface area contributed by atoms with Crippen LogP contribution in [0.3, 0.4) is 0 Å². The second-order valence-electron chi connectivity index (χ2n) is 5.78. The molecule has 0 saturated carbocycles. The molecule has 0 aromatic heterocycles. The lowest BCUT2D eigenvalue weighted by atomic mass is 10.2. The van der Waals surface area contributed by atoms with Gasteiger partial charge in [0, 0.05) is 23.6 Å². The quantitative estimate of drug-likeness (QED) is 0.595. The predicted octanol–water partition coefficient (Wildman–Crippen LogP) is 3.25. The molecule has 3 N–H and O–H groups in total. The smallest absolute Gasteiger partial charge is 0.276 e. The van der Waals surface area contributed by atoms with Gasteiger partial charge in [-0.25, -0.2) is 0 Å². The number of ether oxygens (including phenoxy) is 1. The first-order valence-corrected chi connectivity index (χ1v) is 9.12. The van der Waals surface area contributed by atoms with Crippen LogP contribution in [0.1, 0.15) is 18.4 Å². The number of hydrogen-bond donors (Lipinski definition) is 3. The fourth-order valence-electron chi connectivity index (χ4n) is 2.13. The molecule has 0 aliphatic heterocycles. The van der Waals surface area contributed by atoms with Gasteiger partial charge >= 0.3 is 0 Å². The Bertz CT molecular complexity index is 874. The van der Waals surface area contributed by atoms with Crippen LogP contribution in [0, 0.1) is 6.92 Å². The second kappa shape index (κ2) is 10.5. The molecule has 7 nitrogen and oxygen atoms in total. The average molecular weight is 424 g/mol. The first-order valence-electron chi connectivity index (χ1n) is 8.37. The lowest BCUT2D eigenvalue weighted by Gasteiger charge is -2.10. The van der Waals surface area contributed by atoms with E-state index in [1.165, 1.54) is 0 Å². The van der Waals surface area contributed by atoms with Gasteiger partial charge in [-0.2, -0.15) is 0 Å². The Kier molecular flexibility index (Phi) is 8.10. The van der Waals surface area contributed by atoms with Gasteiger partial charge in [-0.15, -0.1) is 0 Å². The van der Waals surface area contributed by atoms with Gasteiger partial charge in [-0.3, -0.25) is 25.2 Å². The number of amides is 3. The second-order valence-corrected chi connectivity index (χ2v) is 6.59. The number of halogens is 2. The van der Waals surface area contributed by atoms with Gasteiger partial charge in [-0.05, 0) is 36.8 Å². The lowest BCUT2D eigenvalue weighted by molar-refractivity contribution is -0.130. The molecule has 2 aromatic carbocycles. The molecule has 0 saturated heterocycles. The van der Waals surface area contributed by atoms with Crippen LogP contribution in [0.5, 0.6) is 5.75 Å². The summed E-state index contributed by atoms with van der Waals surface area (Å²) in [6, 6.07) is 11.9. The summed E-state index contributed by atoms with van der Waals surface area (Å²) in [4.78, 5) is 35.4. The van der Waals surface area contributed by atoms with Gasteiger partial charge in [0.15, 0.2) is 6.61 Å². The van der Waals surface area contributed by atoms with Crippen LogP contribution >= 0.6 is 23.2 Å². The fourth-order valence-corrected chi connectivity index (χ4v) is 2.49. The van der Waals surface area contributed by atoms with E-state index in [2.05, 4.69) is 16.2 Å². The van der Waals surface area contributed by atoms with Crippen LogP contribution in [0.15, 0.2) is 42.5 Å². The molecule has 9 heteroatoms. The molecule has 2 rings (SSSR count). The Hall–Kier alpha value is -2.77. The number of carbonyl (C=O) groups excluding carboxylic acids is 3. The van der Waals surface area contributed by atoms with Crippen LogP contribution in [-0.4, -0.2) is 24.3 Å². The van der Waals surface area contributed by atoms with Gasteiger partial charge in [-0.1, -0.05) is 41.4 Å². The van der Waals surface area contributed by atoms with Gasteiger partial charge in [0.1, 0.15) is 5.75 Å². The molecule has 148 valence electrons. The van der Waals surface area contributed by atoms with Gasteiger partial charge in [0.2, 0.25) is 11.8 Å². The molecule has 0 unspecified atom stereocenters. The monoisotopic (exact) mass is 423 g/mol. The van der Waals surface area contributed by atoms with Crippen LogP contribution < -0.4 is 20.9 Å². The third-order valence-electron chi connectivity index (χ3n) is 3.66. The van der Waals surface area contributed by atoms with Crippen LogP contribution in [0.2, 0.25) is 10.0 Å². The Morgan fingerprint density at radius 2 is 1.50 bits per heavy atom. The number of hydrazine groups is 1. The maximum atomic E-state index is 12.0. The number of anilines is 1. The zero-order valence-electron chi connectivity index (χ0n) is 15.1. The van der Waals surface area contributed by atoms with Gasteiger partial charge in [0.25, 0.3) is 5.91 Å². The Labute approximate surface area is 172 Å². The predicted molar refractivity (Wildman–Crippen MR) is 107 cm³/mol. The minimum atomic E-state index is -0.563. The third kappa shape index (κ3) is 6.75. The van der Waals surface area contributed by atoms with Crippen molar-refractivity contribution in [1.29, 1.82) is 0 Å². The minimum Gasteiger partial charge on any atom is -0.482 e. The van der Waals surface area contributed by atoms with Crippen molar-refractivity contribution in [3.8, 4) is 5.75 Å². The molecule has 0 fully saturated rings. The number of hydrogen-bond acceptors (Lipinski definition) is 4. The van der Waals surface area contributed by atoms with Crippen molar-refractivity contribution < 1.29 is 19.1 Å². The van der Waals surface area contributed by atoms with Crippen molar-refractivity contribution in [2.45, 2.75) is 19.8 Å². The number of rotatable bonds is 7. The van der Waals surface area contributed by atoms with Gasteiger partial charge in [0.05, 0.1) is 5.02 Å². The standard InChI is InChI=1S/C19H19Cl2N3O4/c1-12-13(20)6-4-7-15(12)22-17(25)9-10-18(26)23-24-19(27)11-28-16-8-3-2-5-14(16)21/h2-8H,9-11H2,1H3,(H,22,25)(H,23,26)(H,24,27). The van der Waals surface area contributed by atoms with E-state index in [1.54, 1.807) is 49.4 Å². The Balaban J connectivity index is 1.68. The summed E-state index contributed by atoms with van der Waals surface area (Å²) >= 11 is 11.9. The van der Waals surface area contributed by atoms with Crippen LogP contribution in [-0.2, 0) is 14.4 Å². The number of benzene rings is 2. The highest BCUT2D eigenvalue weighted by Gasteiger charge is 2.11. The maximum absolute atomic E-state index is 12.0. The summed E-state index contributed by atoms with van der Waals surface area (Å²) in [7, 11) is 0. The molecule has 0 atom stereocenters. The van der Waals surface area contributed by atoms with Crippen molar-refractivity contribution in [3.63, 3.8) is 0 Å². The molecule has 0 aliphatic carbocycles. The SMILES string of the molecule is Cc1c(Cl)cccc1NC(=O)CCC(=O)NNC(=O)COc1ccccc1Cl. The molecule has 3 amide bonds. The first-order chi connectivity index (χ1) is 13.4. The third-order valence-corrected chi connectivity index (χ3v) is 4.38. The zero-order chi connectivity index (χ0) is 20.5. The largest absolute Gasteiger partial charge is 0.482 e. The molecule has 0 heterocycles. The van der Waals surface area contributed by atoms with Crippen LogP contribution in [0.25, 0.3) is 0 Å². The summed E-state index contributed by atoms with van der Waals surface area (Å²) < 4.78 is 5.25. The highest BCUT2D eigenvalue weighted by atomic mass is 35.5. The van der Waals surface area contributed by atoms with E-state index in [0.29, 0.717) is 21.5 Å². The highest BCUT2D eigenvalue weighted by Crippen LogP contribution is 2.23. The van der Waals surface area contributed by atoms with E-state index >= 15 is 0 Å². The van der Waals surface area contributed by atoms with E-state index < -0.39 is 11.8 Å². The average Bonchev–Trinajstić information content (AvgIpc) is 2.67. The van der Waals surface area contributed by atoms with E-state index in [1.807, 2.05) is 0 Å². The summed E-state index contributed by atoms with van der Waals surface area (Å²) in [6.07, 6.45) is -0.152. The molecular formula is C19H19Cl2N3O4. The summed E-state index contributed by atoms with van der Waals surface area (Å²) in [5.41, 5.74) is 5.76. The molecular weight excluding hydrogens is 405 g/mol. The van der Waals surface area contributed by atoms with Crippen molar-refractivity contribution in [3.05, 3.63) is 58.1 Å². The van der Waals surface area contributed by atoms with Gasteiger partial charge < -0.3 is 10.1 Å². The number of carbonyl (C=O) groups is 3. The lowest BCUT2D eigenvalue weighted by Crippen LogP contribution is -2.44. The van der Waals surface area contributed by atoms with Crippen LogP contribution in [0.4, 0.5) is 5.69 Å². The summed E-state index contributed by atoms with van der Waals surface area (Å²) in [5, 5.41) is 3.61. The maximum Gasteiger partial charge on any atom is 0.276 e. The van der Waals surface area contributed by atoms with Crippen molar-refractivity contribution in [1.82, 2.24) is 10.9 Å². The number of para-hydroxylation sites is 1. The van der Waals surface area contributed by atoms with E-state index in [4.69, 9.17) is 27.9 Å². The molecule has 0 spiro atoms. The molecule has 0 bridgehead atoms. The molecule has 28 heavy (non-hydrogen) atoms. The summed E-state index contributed by atoms with van der Waals surface area (Å²) in [6.45, 7) is 1.46. The van der Waals surface area contributed by atoms with Crippen molar-refractivity contribution >= 4 is 46.6 Å². The van der Waals surface area contributed by atoms with Crippen molar-refractivity contribution in [2.75, 3.05) is 11.9 Å².